The van der Waals surface area contributed by atoms with Crippen LogP contribution in [-0.2, 0) is 0 Å². The first-order chi connectivity index (χ1) is 21.3. The summed E-state index contributed by atoms with van der Waals surface area (Å²) < 4.78 is 15.8. The van der Waals surface area contributed by atoms with E-state index in [1.54, 1.807) is 12.1 Å². The number of benzene rings is 3. The molecule has 224 valence electrons. The van der Waals surface area contributed by atoms with Crippen molar-refractivity contribution in [3.8, 4) is 6.07 Å². The second kappa shape index (κ2) is 13.0. The second-order valence-electron chi connectivity index (χ2n) is 10.7. The van der Waals surface area contributed by atoms with Gasteiger partial charge in [-0.15, -0.1) is 5.10 Å². The van der Waals surface area contributed by atoms with Crippen LogP contribution in [0.1, 0.15) is 48.7 Å². The van der Waals surface area contributed by atoms with Gasteiger partial charge in [0.15, 0.2) is 0 Å². The van der Waals surface area contributed by atoms with Gasteiger partial charge in [0.1, 0.15) is 17.6 Å². The first-order valence-corrected chi connectivity index (χ1v) is 15.4. The first-order valence-electron chi connectivity index (χ1n) is 14.2. The van der Waals surface area contributed by atoms with E-state index in [0.717, 1.165) is 43.7 Å². The summed E-state index contributed by atoms with van der Waals surface area (Å²) in [4.78, 5) is 6.89. The van der Waals surface area contributed by atoms with Crippen LogP contribution in [0.5, 0.6) is 0 Å². The highest BCUT2D eigenvalue weighted by atomic mass is 35.5. The van der Waals surface area contributed by atoms with E-state index in [4.69, 9.17) is 34.8 Å². The molecule has 0 amide bonds. The lowest BCUT2D eigenvalue weighted by Crippen LogP contribution is -2.34. The number of aromatic nitrogens is 4. The summed E-state index contributed by atoms with van der Waals surface area (Å²) in [5, 5.41) is 27.4. The minimum atomic E-state index is -0.538. The zero-order valence-corrected chi connectivity index (χ0v) is 26.0. The predicted octanol–water partition coefficient (Wildman–Crippen LogP) is 8.40. The van der Waals surface area contributed by atoms with Gasteiger partial charge in [0.2, 0.25) is 0 Å². The molecule has 0 saturated carbocycles. The molecule has 2 aromatic heterocycles. The largest absolute Gasteiger partial charge is 0.373 e. The molecular formula is C32H28Cl3FN8. The minimum absolute atomic E-state index is 0.0398. The molecule has 1 aliphatic heterocycles. The van der Waals surface area contributed by atoms with Crippen LogP contribution in [0.15, 0.2) is 67.0 Å². The molecule has 0 radical (unpaired) electrons. The number of nitrogens with one attached hydrogen (secondary N) is 2. The summed E-state index contributed by atoms with van der Waals surface area (Å²) in [7, 11) is 0. The van der Waals surface area contributed by atoms with Crippen LogP contribution in [0.2, 0.25) is 15.1 Å². The van der Waals surface area contributed by atoms with Gasteiger partial charge in [0.25, 0.3) is 0 Å². The lowest BCUT2D eigenvalue weighted by Gasteiger charge is -2.30. The Kier molecular flexibility index (Phi) is 8.87. The quantitative estimate of drug-likeness (QED) is 0.174. The van der Waals surface area contributed by atoms with E-state index >= 15 is 0 Å². The number of nitrogens with zero attached hydrogens (tertiary/aromatic N) is 6. The van der Waals surface area contributed by atoms with Crippen LogP contribution in [0, 0.1) is 17.1 Å². The molecule has 3 heterocycles. The Morgan fingerprint density at radius 2 is 1.77 bits per heavy atom. The van der Waals surface area contributed by atoms with Crippen LogP contribution < -0.4 is 10.6 Å². The first kappa shape index (κ1) is 30.1. The van der Waals surface area contributed by atoms with Gasteiger partial charge in [-0.05, 0) is 67.4 Å². The van der Waals surface area contributed by atoms with E-state index in [1.165, 1.54) is 18.3 Å². The van der Waals surface area contributed by atoms with E-state index in [2.05, 4.69) is 43.8 Å². The predicted molar refractivity (Wildman–Crippen MR) is 173 cm³/mol. The average molecular weight is 650 g/mol. The van der Waals surface area contributed by atoms with Crippen molar-refractivity contribution in [1.29, 1.82) is 5.26 Å². The highest BCUT2D eigenvalue weighted by molar-refractivity contribution is 6.36. The van der Waals surface area contributed by atoms with Crippen molar-refractivity contribution in [2.24, 2.45) is 0 Å². The van der Waals surface area contributed by atoms with E-state index < -0.39 is 5.82 Å². The fourth-order valence-electron chi connectivity index (χ4n) is 5.53. The third-order valence-electron chi connectivity index (χ3n) is 7.95. The summed E-state index contributed by atoms with van der Waals surface area (Å²) in [6.45, 7) is 5.30. The zero-order valence-electron chi connectivity index (χ0n) is 23.7. The normalized spacial score (nSPS) is 14.8. The van der Waals surface area contributed by atoms with E-state index in [-0.39, 0.29) is 22.7 Å². The van der Waals surface area contributed by atoms with Crippen LogP contribution in [0.25, 0.3) is 10.9 Å². The molecule has 1 atom stereocenters. The van der Waals surface area contributed by atoms with E-state index in [0.29, 0.717) is 38.0 Å². The van der Waals surface area contributed by atoms with Crippen molar-refractivity contribution in [3.63, 3.8) is 0 Å². The summed E-state index contributed by atoms with van der Waals surface area (Å²) in [6.07, 6.45) is 5.48. The summed E-state index contributed by atoms with van der Waals surface area (Å²) in [5.74, 6) is -0.538. The van der Waals surface area contributed by atoms with Gasteiger partial charge < -0.3 is 15.5 Å². The Hall–Kier alpha value is -3.94. The van der Waals surface area contributed by atoms with Crippen molar-refractivity contribution in [2.45, 2.75) is 31.8 Å². The summed E-state index contributed by atoms with van der Waals surface area (Å²) in [5.41, 5.74) is 4.11. The number of likely N-dealkylation sites (tertiary alicyclic amines) is 1. The van der Waals surface area contributed by atoms with Gasteiger partial charge in [-0.3, -0.25) is 4.98 Å². The maximum atomic E-state index is 13.8. The highest BCUT2D eigenvalue weighted by Crippen LogP contribution is 2.37. The minimum Gasteiger partial charge on any atom is -0.373 e. The van der Waals surface area contributed by atoms with Crippen LogP contribution in [0.3, 0.4) is 0 Å². The Balaban J connectivity index is 1.38. The Labute approximate surface area is 269 Å². The van der Waals surface area contributed by atoms with Gasteiger partial charge in [-0.25, -0.2) is 9.07 Å². The molecule has 2 N–H and O–H groups in total. The lowest BCUT2D eigenvalue weighted by molar-refractivity contribution is 0.186. The molecule has 6 rings (SSSR count). The molecule has 5 aromatic rings. The fourth-order valence-corrected chi connectivity index (χ4v) is 6.11. The van der Waals surface area contributed by atoms with E-state index in [1.807, 2.05) is 41.2 Å². The van der Waals surface area contributed by atoms with Crippen molar-refractivity contribution in [2.75, 3.05) is 30.3 Å². The van der Waals surface area contributed by atoms with Crippen molar-refractivity contribution in [3.05, 3.63) is 105 Å². The number of hydrogen-bond donors (Lipinski definition) is 2. The summed E-state index contributed by atoms with van der Waals surface area (Å²) >= 11 is 19.0. The molecule has 8 nitrogen and oxygen atoms in total. The molecule has 12 heteroatoms. The number of piperidine rings is 1. The Morgan fingerprint density at radius 1 is 1.02 bits per heavy atom. The molecular weight excluding hydrogens is 622 g/mol. The number of pyridine rings is 1. The molecule has 0 bridgehead atoms. The monoisotopic (exact) mass is 648 g/mol. The van der Waals surface area contributed by atoms with Crippen LogP contribution in [-0.4, -0.2) is 44.5 Å². The maximum Gasteiger partial charge on any atom is 0.141 e. The number of halogens is 4. The maximum absolute atomic E-state index is 13.8. The van der Waals surface area contributed by atoms with Crippen LogP contribution in [0.4, 0.5) is 21.5 Å². The second-order valence-corrected chi connectivity index (χ2v) is 11.9. The lowest BCUT2D eigenvalue weighted by atomic mass is 10.0. The SMILES string of the molecule is CCN1CCC(n2cc(C(Nc3cc(Cl)c4ncc(C#N)c(Nc5ccc(F)c(Cl)c5)c4c3)c3ccc(Cl)cc3)nn2)CC1. The topological polar surface area (TPSA) is 94.7 Å². The van der Waals surface area contributed by atoms with Crippen molar-refractivity contribution < 1.29 is 4.39 Å². The molecule has 44 heavy (non-hydrogen) atoms. The zero-order chi connectivity index (χ0) is 30.8. The third kappa shape index (κ3) is 6.30. The number of fused-ring (bicyclic) bond motifs is 1. The smallest absolute Gasteiger partial charge is 0.141 e. The van der Waals surface area contributed by atoms with Crippen LogP contribution >= 0.6 is 34.8 Å². The molecule has 1 saturated heterocycles. The Morgan fingerprint density at radius 3 is 2.48 bits per heavy atom. The molecule has 1 aliphatic rings. The number of anilines is 3. The standard InChI is InChI=1S/C32H28Cl3FN8/c1-2-43-11-9-24(10-12-43)44-18-29(41-42-44)31(19-3-5-21(33)6-4-19)40-23-13-25-30(39-22-7-8-28(36)26(34)14-22)20(16-37)17-38-32(25)27(35)15-23/h3-8,13-15,17-18,24,31,40H,2,9-12H2,1H3,(H,38,39). The molecule has 0 spiro atoms. The van der Waals surface area contributed by atoms with Gasteiger partial charge in [0, 0.05) is 41.1 Å². The van der Waals surface area contributed by atoms with Crippen molar-refractivity contribution in [1.82, 2.24) is 24.9 Å². The molecule has 1 fully saturated rings. The molecule has 1 unspecified atom stereocenters. The number of nitriles is 1. The van der Waals surface area contributed by atoms with Gasteiger partial charge in [-0.1, -0.05) is 59.1 Å². The number of hydrogen-bond acceptors (Lipinski definition) is 7. The Bertz CT molecular complexity index is 1850. The van der Waals surface area contributed by atoms with Gasteiger partial charge in [0.05, 0.1) is 45.1 Å². The third-order valence-corrected chi connectivity index (χ3v) is 8.78. The van der Waals surface area contributed by atoms with Gasteiger partial charge >= 0.3 is 0 Å². The fraction of sp³-hybridized carbons (Fsp3) is 0.250. The van der Waals surface area contributed by atoms with E-state index in [9.17, 15) is 9.65 Å². The van der Waals surface area contributed by atoms with Gasteiger partial charge in [-0.2, -0.15) is 5.26 Å². The average Bonchev–Trinajstić information content (AvgIpc) is 3.52. The molecule has 3 aromatic carbocycles. The molecule has 0 aliphatic carbocycles. The highest BCUT2D eigenvalue weighted by Gasteiger charge is 2.24. The van der Waals surface area contributed by atoms with Crippen molar-refractivity contribution >= 4 is 62.8 Å². The summed E-state index contributed by atoms with van der Waals surface area (Å²) in [6, 6.07) is 17.6. The number of rotatable bonds is 8.